The number of carbonyl (C=O) groups excluding carboxylic acids is 3. The fraction of sp³-hybridized carbons (Fsp3) is 0.417. The molecule has 0 aliphatic carbocycles. The van der Waals surface area contributed by atoms with E-state index in [-0.39, 0.29) is 23.6 Å². The third-order valence-electron chi connectivity index (χ3n) is 5.70. The Morgan fingerprint density at radius 1 is 1.30 bits per heavy atom. The zero-order valence-electron chi connectivity index (χ0n) is 19.6. The summed E-state index contributed by atoms with van der Waals surface area (Å²) in [6.45, 7) is 6.35. The van der Waals surface area contributed by atoms with Crippen LogP contribution in [0.2, 0.25) is 0 Å². The first-order chi connectivity index (χ1) is 15.7. The molecule has 0 bridgehead atoms. The van der Waals surface area contributed by atoms with Crippen LogP contribution in [0.4, 0.5) is 0 Å². The number of aromatic amines is 1. The maximum Gasteiger partial charge on any atom is 0.355 e. The van der Waals surface area contributed by atoms with Crippen molar-refractivity contribution in [2.75, 3.05) is 33.8 Å². The van der Waals surface area contributed by atoms with E-state index in [1.165, 1.54) is 4.90 Å². The fourth-order valence-electron chi connectivity index (χ4n) is 4.20. The van der Waals surface area contributed by atoms with Crippen LogP contribution in [-0.2, 0) is 14.3 Å². The number of rotatable bonds is 8. The van der Waals surface area contributed by atoms with Gasteiger partial charge in [-0.25, -0.2) is 4.79 Å². The molecule has 1 atom stereocenters. The number of ether oxygens (including phenoxy) is 1. The van der Waals surface area contributed by atoms with Gasteiger partial charge in [-0.15, -0.1) is 0 Å². The Morgan fingerprint density at radius 3 is 2.64 bits per heavy atom. The molecule has 2 aromatic rings. The van der Waals surface area contributed by atoms with Gasteiger partial charge < -0.3 is 24.6 Å². The molecule has 0 saturated carbocycles. The summed E-state index contributed by atoms with van der Waals surface area (Å²) in [5, 5.41) is 11.3. The first-order valence-corrected chi connectivity index (χ1v) is 10.9. The lowest BCUT2D eigenvalue weighted by atomic mass is 9.95. The molecule has 2 N–H and O–H groups in total. The summed E-state index contributed by atoms with van der Waals surface area (Å²) in [4.78, 5) is 49.0. The normalized spacial score (nSPS) is 17.8. The third-order valence-corrected chi connectivity index (χ3v) is 5.70. The van der Waals surface area contributed by atoms with Gasteiger partial charge in [-0.1, -0.05) is 6.07 Å². The number of hydrogen-bond donors (Lipinski definition) is 2. The Balaban J connectivity index is 2.13. The van der Waals surface area contributed by atoms with Crippen molar-refractivity contribution < 1.29 is 24.2 Å². The molecule has 1 aliphatic heterocycles. The number of likely N-dealkylation sites (tertiary alicyclic amines) is 1. The number of aliphatic hydroxyl groups excluding tert-OH is 1. The maximum absolute atomic E-state index is 13.1. The van der Waals surface area contributed by atoms with Crippen molar-refractivity contribution in [3.8, 4) is 0 Å². The van der Waals surface area contributed by atoms with Crippen LogP contribution in [-0.4, -0.2) is 76.3 Å². The summed E-state index contributed by atoms with van der Waals surface area (Å²) in [7, 11) is 3.87. The van der Waals surface area contributed by atoms with Crippen molar-refractivity contribution in [3.05, 3.63) is 58.2 Å². The van der Waals surface area contributed by atoms with Gasteiger partial charge in [-0.05, 0) is 65.0 Å². The quantitative estimate of drug-likeness (QED) is 0.273. The predicted molar refractivity (Wildman–Crippen MR) is 123 cm³/mol. The van der Waals surface area contributed by atoms with Crippen LogP contribution in [0.5, 0.6) is 0 Å². The minimum absolute atomic E-state index is 0.0153. The average molecular weight is 455 g/mol. The molecule has 1 aliphatic rings. The van der Waals surface area contributed by atoms with Crippen LogP contribution < -0.4 is 0 Å². The minimum atomic E-state index is -0.777. The van der Waals surface area contributed by atoms with Gasteiger partial charge in [-0.3, -0.25) is 14.6 Å². The zero-order valence-corrected chi connectivity index (χ0v) is 19.6. The third kappa shape index (κ3) is 4.68. The minimum Gasteiger partial charge on any atom is -0.507 e. The number of aromatic nitrogens is 2. The zero-order chi connectivity index (χ0) is 24.3. The molecule has 0 aromatic carbocycles. The van der Waals surface area contributed by atoms with Gasteiger partial charge in [0.2, 0.25) is 0 Å². The van der Waals surface area contributed by atoms with Gasteiger partial charge in [0.25, 0.3) is 11.7 Å². The number of ketones is 1. The van der Waals surface area contributed by atoms with Crippen molar-refractivity contribution in [2.24, 2.45) is 0 Å². The number of nitrogens with zero attached hydrogens (tertiary/aromatic N) is 3. The van der Waals surface area contributed by atoms with E-state index in [9.17, 15) is 19.5 Å². The van der Waals surface area contributed by atoms with Crippen LogP contribution in [0, 0.1) is 13.8 Å². The highest BCUT2D eigenvalue weighted by atomic mass is 16.5. The summed E-state index contributed by atoms with van der Waals surface area (Å²) >= 11 is 0. The highest BCUT2D eigenvalue weighted by Gasteiger charge is 2.46. The molecule has 3 heterocycles. The van der Waals surface area contributed by atoms with Crippen LogP contribution in [0.15, 0.2) is 30.1 Å². The molecule has 176 valence electrons. The van der Waals surface area contributed by atoms with E-state index in [1.54, 1.807) is 45.3 Å². The standard InChI is InChI=1S/C24H30N4O5/c1-6-33-24(32)19-14(2)17(15(3)26-19)21(29)18-20(16-9-7-10-25-13-16)28(23(31)22(18)30)12-8-11-27(4)5/h7,9-10,13,20,26,29H,6,8,11-12H2,1-5H3/b21-18+/t20-/m0/s1. The van der Waals surface area contributed by atoms with E-state index in [1.807, 2.05) is 19.0 Å². The van der Waals surface area contributed by atoms with E-state index >= 15 is 0 Å². The highest BCUT2D eigenvalue weighted by molar-refractivity contribution is 6.46. The molecule has 0 spiro atoms. The number of hydrogen-bond acceptors (Lipinski definition) is 7. The number of nitrogens with one attached hydrogen (secondary N) is 1. The molecule has 1 fully saturated rings. The number of aryl methyl sites for hydroxylation is 1. The van der Waals surface area contributed by atoms with Gasteiger partial charge in [0.15, 0.2) is 0 Å². The number of amides is 1. The molecule has 2 aromatic heterocycles. The number of pyridine rings is 1. The molecular weight excluding hydrogens is 424 g/mol. The summed E-state index contributed by atoms with van der Waals surface area (Å²) in [5.41, 5.74) is 2.08. The lowest BCUT2D eigenvalue weighted by molar-refractivity contribution is -0.139. The van der Waals surface area contributed by atoms with Crippen LogP contribution in [0.3, 0.4) is 0 Å². The number of aliphatic hydroxyl groups is 1. The summed E-state index contributed by atoms with van der Waals surface area (Å²) in [6, 6.07) is 2.72. The Bertz CT molecular complexity index is 1090. The molecule has 9 heteroatoms. The highest BCUT2D eigenvalue weighted by Crippen LogP contribution is 2.40. The Labute approximate surface area is 193 Å². The molecule has 33 heavy (non-hydrogen) atoms. The summed E-state index contributed by atoms with van der Waals surface area (Å²) in [6.07, 6.45) is 3.85. The summed E-state index contributed by atoms with van der Waals surface area (Å²) in [5.74, 6) is -2.30. The largest absolute Gasteiger partial charge is 0.507 e. The second kappa shape index (κ2) is 9.99. The first kappa shape index (κ1) is 24.2. The molecule has 3 rings (SSSR count). The first-order valence-electron chi connectivity index (χ1n) is 10.9. The van der Waals surface area contributed by atoms with Crippen molar-refractivity contribution in [3.63, 3.8) is 0 Å². The molecule has 1 saturated heterocycles. The van der Waals surface area contributed by atoms with Gasteiger partial charge >= 0.3 is 5.97 Å². The fourth-order valence-corrected chi connectivity index (χ4v) is 4.20. The Morgan fingerprint density at radius 2 is 2.03 bits per heavy atom. The molecule has 9 nitrogen and oxygen atoms in total. The predicted octanol–water partition coefficient (Wildman–Crippen LogP) is 2.58. The number of H-pyrrole nitrogens is 1. The Kier molecular flexibility index (Phi) is 7.33. The number of Topliss-reactive ketones (excluding diaryl/α,β-unsaturated/α-hetero) is 1. The Hall–Kier alpha value is -3.46. The molecule has 0 radical (unpaired) electrons. The molecular formula is C24H30N4O5. The van der Waals surface area contributed by atoms with Gasteiger partial charge in [0.1, 0.15) is 11.5 Å². The average Bonchev–Trinajstić information content (AvgIpc) is 3.21. The smallest absolute Gasteiger partial charge is 0.355 e. The van der Waals surface area contributed by atoms with Crippen molar-refractivity contribution in [1.29, 1.82) is 0 Å². The second-order valence-corrected chi connectivity index (χ2v) is 8.28. The number of carbonyl (C=O) groups is 3. The van der Waals surface area contributed by atoms with E-state index < -0.39 is 23.7 Å². The van der Waals surface area contributed by atoms with Gasteiger partial charge in [-0.2, -0.15) is 0 Å². The molecule has 1 amide bonds. The lowest BCUT2D eigenvalue weighted by Gasteiger charge is -2.25. The van der Waals surface area contributed by atoms with Crippen molar-refractivity contribution in [2.45, 2.75) is 33.2 Å². The number of esters is 1. The lowest BCUT2D eigenvalue weighted by Crippen LogP contribution is -2.32. The van der Waals surface area contributed by atoms with E-state index in [0.29, 0.717) is 35.3 Å². The molecule has 0 unspecified atom stereocenters. The van der Waals surface area contributed by atoms with E-state index in [4.69, 9.17) is 4.74 Å². The SMILES string of the molecule is CCOC(=O)c1[nH]c(C)c(/C(O)=C2\C(=O)C(=O)N(CCCN(C)C)[C@H]2c2cccnc2)c1C. The summed E-state index contributed by atoms with van der Waals surface area (Å²) < 4.78 is 5.08. The monoisotopic (exact) mass is 454 g/mol. The topological polar surface area (TPSA) is 116 Å². The van der Waals surface area contributed by atoms with E-state index in [2.05, 4.69) is 9.97 Å². The van der Waals surface area contributed by atoms with Crippen molar-refractivity contribution in [1.82, 2.24) is 19.8 Å². The van der Waals surface area contributed by atoms with Gasteiger partial charge in [0.05, 0.1) is 18.2 Å². The van der Waals surface area contributed by atoms with Crippen LogP contribution >= 0.6 is 0 Å². The van der Waals surface area contributed by atoms with Crippen LogP contribution in [0.1, 0.15) is 52.3 Å². The van der Waals surface area contributed by atoms with Crippen LogP contribution in [0.25, 0.3) is 5.76 Å². The van der Waals surface area contributed by atoms with Crippen molar-refractivity contribution >= 4 is 23.4 Å². The van der Waals surface area contributed by atoms with E-state index in [0.717, 1.165) is 6.54 Å². The second-order valence-electron chi connectivity index (χ2n) is 8.28. The van der Waals surface area contributed by atoms with Gasteiger partial charge in [0, 0.05) is 30.2 Å². The maximum atomic E-state index is 13.1.